The summed E-state index contributed by atoms with van der Waals surface area (Å²) in [7, 11) is 0. The zero-order valence-electron chi connectivity index (χ0n) is 9.12. The molecule has 16 heavy (non-hydrogen) atoms. The fraction of sp³-hybridized carbons (Fsp3) is 0.500. The van der Waals surface area contributed by atoms with E-state index in [0.717, 1.165) is 32.0 Å². The maximum atomic E-state index is 13.8. The second-order valence-electron chi connectivity index (χ2n) is 4.22. The summed E-state index contributed by atoms with van der Waals surface area (Å²) in [6.07, 6.45) is 1.53. The Bertz CT molecular complexity index is 398. The lowest BCUT2D eigenvalue weighted by Crippen LogP contribution is -2.27. The van der Waals surface area contributed by atoms with Gasteiger partial charge in [-0.05, 0) is 50.4 Å². The first-order valence-electron chi connectivity index (χ1n) is 5.46. The second-order valence-corrected chi connectivity index (χ2v) is 4.22. The molecule has 0 bridgehead atoms. The molecule has 1 heterocycles. The van der Waals surface area contributed by atoms with Crippen LogP contribution >= 0.6 is 0 Å². The molecule has 1 fully saturated rings. The molecule has 1 nitrogen and oxygen atoms in total. The van der Waals surface area contributed by atoms with Crippen molar-refractivity contribution in [1.29, 1.82) is 0 Å². The highest BCUT2D eigenvalue weighted by atomic mass is 19.2. The van der Waals surface area contributed by atoms with Gasteiger partial charge in [-0.2, -0.15) is 0 Å². The summed E-state index contributed by atoms with van der Waals surface area (Å²) in [6.45, 7) is 2.86. The molecular weight excluding hydrogens is 215 g/mol. The summed E-state index contributed by atoms with van der Waals surface area (Å²) in [5.41, 5.74) is 0.103. The molecule has 2 rings (SSSR count). The first kappa shape index (κ1) is 11.5. The van der Waals surface area contributed by atoms with E-state index in [-0.39, 0.29) is 11.5 Å². The molecule has 1 N–H and O–H groups in total. The Morgan fingerprint density at radius 2 is 1.75 bits per heavy atom. The standard InChI is InChI=1S/C12H14F3N/c1-7-11(14)9(6-10(13)12(7)15)8-2-4-16-5-3-8/h6,8,16H,2-5H2,1H3. The first-order valence-corrected chi connectivity index (χ1v) is 5.46. The van der Waals surface area contributed by atoms with Crippen molar-refractivity contribution in [3.63, 3.8) is 0 Å². The van der Waals surface area contributed by atoms with Gasteiger partial charge in [0.15, 0.2) is 11.6 Å². The van der Waals surface area contributed by atoms with Crippen LogP contribution in [0.25, 0.3) is 0 Å². The Hall–Kier alpha value is -1.03. The number of halogens is 3. The molecule has 0 radical (unpaired) electrons. The molecule has 0 aromatic heterocycles. The third kappa shape index (κ3) is 1.94. The van der Waals surface area contributed by atoms with Crippen LogP contribution in [0.5, 0.6) is 0 Å². The van der Waals surface area contributed by atoms with Gasteiger partial charge in [-0.3, -0.25) is 0 Å². The van der Waals surface area contributed by atoms with Gasteiger partial charge in [0.05, 0.1) is 0 Å². The fourth-order valence-electron chi connectivity index (χ4n) is 2.19. The quantitative estimate of drug-likeness (QED) is 0.730. The summed E-state index contributed by atoms with van der Waals surface area (Å²) >= 11 is 0. The van der Waals surface area contributed by atoms with Crippen LogP contribution < -0.4 is 5.32 Å². The topological polar surface area (TPSA) is 12.0 Å². The lowest BCUT2D eigenvalue weighted by molar-refractivity contribution is 0.430. The number of hydrogen-bond donors (Lipinski definition) is 1. The predicted octanol–water partition coefficient (Wildman–Crippen LogP) is 2.88. The molecule has 4 heteroatoms. The smallest absolute Gasteiger partial charge is 0.164 e. The number of piperidine rings is 1. The van der Waals surface area contributed by atoms with Crippen LogP contribution in [0.4, 0.5) is 13.2 Å². The van der Waals surface area contributed by atoms with Crippen LogP contribution in [0, 0.1) is 24.4 Å². The van der Waals surface area contributed by atoms with Gasteiger partial charge in [-0.25, -0.2) is 13.2 Å². The van der Waals surface area contributed by atoms with Gasteiger partial charge in [0, 0.05) is 5.56 Å². The molecule has 1 aliphatic rings. The highest BCUT2D eigenvalue weighted by Crippen LogP contribution is 2.30. The van der Waals surface area contributed by atoms with Crippen molar-refractivity contribution in [2.75, 3.05) is 13.1 Å². The van der Waals surface area contributed by atoms with E-state index in [2.05, 4.69) is 5.32 Å². The van der Waals surface area contributed by atoms with Crippen LogP contribution in [0.2, 0.25) is 0 Å². The van der Waals surface area contributed by atoms with Crippen molar-refractivity contribution in [1.82, 2.24) is 5.32 Å². The molecule has 88 valence electrons. The van der Waals surface area contributed by atoms with E-state index >= 15 is 0 Å². The molecule has 1 saturated heterocycles. The molecule has 0 spiro atoms. The largest absolute Gasteiger partial charge is 0.317 e. The van der Waals surface area contributed by atoms with Crippen molar-refractivity contribution in [3.8, 4) is 0 Å². The summed E-state index contributed by atoms with van der Waals surface area (Å²) in [5, 5.41) is 3.15. The second kappa shape index (κ2) is 4.45. The Morgan fingerprint density at radius 3 is 2.38 bits per heavy atom. The van der Waals surface area contributed by atoms with Crippen molar-refractivity contribution in [2.24, 2.45) is 0 Å². The van der Waals surface area contributed by atoms with E-state index < -0.39 is 17.5 Å². The Morgan fingerprint density at radius 1 is 1.12 bits per heavy atom. The van der Waals surface area contributed by atoms with Crippen LogP contribution in [-0.2, 0) is 0 Å². The highest BCUT2D eigenvalue weighted by molar-refractivity contribution is 5.30. The molecule has 0 unspecified atom stereocenters. The molecule has 0 atom stereocenters. The van der Waals surface area contributed by atoms with E-state index in [0.29, 0.717) is 5.56 Å². The van der Waals surface area contributed by atoms with E-state index in [4.69, 9.17) is 0 Å². The maximum Gasteiger partial charge on any atom is 0.164 e. The monoisotopic (exact) mass is 229 g/mol. The van der Waals surface area contributed by atoms with Crippen molar-refractivity contribution < 1.29 is 13.2 Å². The number of hydrogen-bond acceptors (Lipinski definition) is 1. The molecule has 0 saturated carbocycles. The van der Waals surface area contributed by atoms with Gasteiger partial charge in [-0.15, -0.1) is 0 Å². The van der Waals surface area contributed by atoms with Crippen molar-refractivity contribution in [2.45, 2.75) is 25.7 Å². The number of benzene rings is 1. The minimum Gasteiger partial charge on any atom is -0.317 e. The van der Waals surface area contributed by atoms with Gasteiger partial charge in [0.1, 0.15) is 5.82 Å². The average molecular weight is 229 g/mol. The Kier molecular flexibility index (Phi) is 3.19. The minimum absolute atomic E-state index is 0.00458. The zero-order chi connectivity index (χ0) is 11.7. The van der Waals surface area contributed by atoms with E-state index in [1.165, 1.54) is 6.92 Å². The van der Waals surface area contributed by atoms with Gasteiger partial charge < -0.3 is 5.32 Å². The van der Waals surface area contributed by atoms with Gasteiger partial charge in [0.2, 0.25) is 0 Å². The third-order valence-electron chi connectivity index (χ3n) is 3.18. The van der Waals surface area contributed by atoms with Crippen LogP contribution in [0.1, 0.15) is 29.9 Å². The molecule has 1 aromatic carbocycles. The molecule has 0 amide bonds. The summed E-state index contributed by atoms with van der Waals surface area (Å²) in [5.74, 6) is -2.62. The van der Waals surface area contributed by atoms with Gasteiger partial charge in [0.25, 0.3) is 0 Å². The average Bonchev–Trinajstić information content (AvgIpc) is 2.32. The zero-order valence-corrected chi connectivity index (χ0v) is 9.12. The Labute approximate surface area is 92.7 Å². The molecule has 0 aliphatic carbocycles. The summed E-state index contributed by atoms with van der Waals surface area (Å²) < 4.78 is 40.1. The third-order valence-corrected chi connectivity index (χ3v) is 3.18. The maximum absolute atomic E-state index is 13.8. The van der Waals surface area contributed by atoms with E-state index in [1.807, 2.05) is 0 Å². The summed E-state index contributed by atoms with van der Waals surface area (Å²) in [4.78, 5) is 0. The van der Waals surface area contributed by atoms with Gasteiger partial charge >= 0.3 is 0 Å². The van der Waals surface area contributed by atoms with Crippen LogP contribution in [0.15, 0.2) is 6.07 Å². The van der Waals surface area contributed by atoms with Crippen LogP contribution in [0.3, 0.4) is 0 Å². The number of nitrogens with one attached hydrogen (secondary N) is 1. The van der Waals surface area contributed by atoms with Crippen LogP contribution in [-0.4, -0.2) is 13.1 Å². The fourth-order valence-corrected chi connectivity index (χ4v) is 2.19. The van der Waals surface area contributed by atoms with Gasteiger partial charge in [-0.1, -0.05) is 0 Å². The summed E-state index contributed by atoms with van der Waals surface area (Å²) in [6, 6.07) is 1.01. The van der Waals surface area contributed by atoms with E-state index in [1.54, 1.807) is 0 Å². The number of rotatable bonds is 1. The molecule has 1 aliphatic heterocycles. The van der Waals surface area contributed by atoms with E-state index in [9.17, 15) is 13.2 Å². The SMILES string of the molecule is Cc1c(F)c(F)cc(C2CCNCC2)c1F. The predicted molar refractivity (Wildman–Crippen MR) is 55.9 cm³/mol. The molecule has 1 aromatic rings. The lowest BCUT2D eigenvalue weighted by atomic mass is 9.88. The highest BCUT2D eigenvalue weighted by Gasteiger charge is 2.23. The molecular formula is C12H14F3N. The van der Waals surface area contributed by atoms with Crippen molar-refractivity contribution >= 4 is 0 Å². The Balaban J connectivity index is 2.40. The normalized spacial score (nSPS) is 17.8. The van der Waals surface area contributed by atoms with Crippen molar-refractivity contribution in [3.05, 3.63) is 34.6 Å². The first-order chi connectivity index (χ1) is 7.61. The lowest BCUT2D eigenvalue weighted by Gasteiger charge is -2.24. The minimum atomic E-state index is -1.07.